The van der Waals surface area contributed by atoms with Gasteiger partial charge in [-0.3, -0.25) is 0 Å². The van der Waals surface area contributed by atoms with E-state index < -0.39 is 36.5 Å². The second-order valence-electron chi connectivity index (χ2n) is 8.36. The summed E-state index contributed by atoms with van der Waals surface area (Å²) < 4.78 is 20.1. The van der Waals surface area contributed by atoms with Crippen LogP contribution < -0.4 is 0 Å². The molecule has 35 heavy (non-hydrogen) atoms. The highest BCUT2D eigenvalue weighted by Crippen LogP contribution is 2.38. The lowest BCUT2D eigenvalue weighted by atomic mass is 10.1. The van der Waals surface area contributed by atoms with Crippen LogP contribution in [0.25, 0.3) is 11.0 Å². The molecule has 2 aromatic carbocycles. The van der Waals surface area contributed by atoms with E-state index in [1.165, 1.54) is 6.33 Å². The average molecular weight is 472 g/mol. The first kappa shape index (κ1) is 22.7. The average Bonchev–Trinajstić information content (AvgIpc) is 3.47. The molecular weight excluding hydrogens is 446 g/mol. The molecule has 8 heteroatoms. The molecule has 1 saturated heterocycles. The Morgan fingerprint density at radius 2 is 1.49 bits per heavy atom. The fourth-order valence-electron chi connectivity index (χ4n) is 4.36. The topological polar surface area (TPSA) is 92.5 Å². The van der Waals surface area contributed by atoms with Gasteiger partial charge in [-0.1, -0.05) is 43.3 Å². The Kier molecular flexibility index (Phi) is 6.29. The van der Waals surface area contributed by atoms with Crippen molar-refractivity contribution < 1.29 is 23.8 Å². The maximum Gasteiger partial charge on any atom is 0.338 e. The largest absolute Gasteiger partial charge is 0.452 e. The van der Waals surface area contributed by atoms with Crippen molar-refractivity contribution in [1.82, 2.24) is 14.5 Å². The van der Waals surface area contributed by atoms with Crippen LogP contribution in [0.2, 0.25) is 0 Å². The first-order chi connectivity index (χ1) is 17.1. The molecule has 2 aromatic heterocycles. The summed E-state index contributed by atoms with van der Waals surface area (Å²) >= 11 is 0. The highest BCUT2D eigenvalue weighted by Gasteiger charge is 2.50. The highest BCUT2D eigenvalue weighted by atomic mass is 16.6. The van der Waals surface area contributed by atoms with Crippen molar-refractivity contribution in [3.63, 3.8) is 0 Å². The van der Waals surface area contributed by atoms with Crippen molar-refractivity contribution >= 4 is 23.0 Å². The third kappa shape index (κ3) is 4.40. The smallest absolute Gasteiger partial charge is 0.338 e. The van der Waals surface area contributed by atoms with Crippen molar-refractivity contribution in [2.75, 3.05) is 0 Å². The molecule has 0 radical (unpaired) electrons. The summed E-state index contributed by atoms with van der Waals surface area (Å²) in [5.41, 5.74) is 2.28. The summed E-state index contributed by atoms with van der Waals surface area (Å²) in [5.74, 6) is -1.03. The van der Waals surface area contributed by atoms with Crippen LogP contribution in [-0.2, 0) is 14.2 Å². The third-order valence-electron chi connectivity index (χ3n) is 6.18. The zero-order valence-corrected chi connectivity index (χ0v) is 19.4. The first-order valence-corrected chi connectivity index (χ1v) is 11.5. The van der Waals surface area contributed by atoms with E-state index >= 15 is 0 Å². The normalized spacial score (nSPS) is 21.7. The summed E-state index contributed by atoms with van der Waals surface area (Å²) in [4.78, 5) is 34.7. The number of hydrogen-bond acceptors (Lipinski definition) is 7. The Bertz CT molecular complexity index is 1340. The van der Waals surface area contributed by atoms with E-state index in [9.17, 15) is 9.59 Å². The number of carbonyl (C=O) groups excluding carboxylic acids is 2. The predicted molar refractivity (Wildman–Crippen MR) is 128 cm³/mol. The molecule has 0 aliphatic carbocycles. The minimum Gasteiger partial charge on any atom is -0.452 e. The Morgan fingerprint density at radius 1 is 0.886 bits per heavy atom. The Hall–Kier alpha value is -4.04. The lowest BCUT2D eigenvalue weighted by Gasteiger charge is -2.25. The van der Waals surface area contributed by atoms with Crippen LogP contribution in [0.15, 0.2) is 79.3 Å². The van der Waals surface area contributed by atoms with Gasteiger partial charge in [-0.2, -0.15) is 0 Å². The Balaban J connectivity index is 1.52. The fraction of sp³-hybridized carbons (Fsp3) is 0.259. The Morgan fingerprint density at radius 3 is 2.09 bits per heavy atom. The lowest BCUT2D eigenvalue weighted by Crippen LogP contribution is -2.39. The molecule has 1 aliphatic heterocycles. The van der Waals surface area contributed by atoms with Crippen LogP contribution in [0.5, 0.6) is 0 Å². The number of carbonyl (C=O) groups is 2. The summed E-state index contributed by atoms with van der Waals surface area (Å²) in [5, 5.41) is 0.863. The standard InChI is InChI=1S/C27H25N3O5/c1-3-21-22(34-26(31)18-10-6-4-7-11-18)23(35-27(32)19-12-8-5-9-13-19)25(33-21)30-15-14-20-17(2)28-16-29-24(20)30/h4-16,21-23,25H,3H2,1-2H3/t21-,22?,23+,25-/m1/s1. The molecule has 1 unspecified atom stereocenters. The van der Waals surface area contributed by atoms with Gasteiger partial charge >= 0.3 is 11.9 Å². The van der Waals surface area contributed by atoms with Crippen molar-refractivity contribution in [3.05, 3.63) is 96.1 Å². The highest BCUT2D eigenvalue weighted by molar-refractivity contribution is 5.90. The van der Waals surface area contributed by atoms with Gasteiger partial charge in [0.2, 0.25) is 0 Å². The fourth-order valence-corrected chi connectivity index (χ4v) is 4.36. The first-order valence-electron chi connectivity index (χ1n) is 11.5. The van der Waals surface area contributed by atoms with Crippen molar-refractivity contribution in [1.29, 1.82) is 0 Å². The van der Waals surface area contributed by atoms with Gasteiger partial charge in [0.1, 0.15) is 18.1 Å². The molecule has 1 fully saturated rings. The minimum atomic E-state index is -0.897. The molecule has 4 atom stereocenters. The molecule has 4 aromatic rings. The number of nitrogens with zero attached hydrogens (tertiary/aromatic N) is 3. The van der Waals surface area contributed by atoms with Gasteiger partial charge in [0.25, 0.3) is 0 Å². The maximum atomic E-state index is 13.1. The predicted octanol–water partition coefficient (Wildman–Crippen LogP) is 4.50. The summed E-state index contributed by atoms with van der Waals surface area (Å²) in [6.45, 7) is 3.84. The molecule has 0 amide bonds. The number of aromatic nitrogens is 3. The molecule has 178 valence electrons. The van der Waals surface area contributed by atoms with Crippen molar-refractivity contribution in [2.24, 2.45) is 0 Å². The van der Waals surface area contributed by atoms with E-state index in [0.29, 0.717) is 23.2 Å². The van der Waals surface area contributed by atoms with Gasteiger partial charge in [-0.25, -0.2) is 19.6 Å². The quantitative estimate of drug-likeness (QED) is 0.382. The van der Waals surface area contributed by atoms with Gasteiger partial charge in [0, 0.05) is 11.6 Å². The zero-order chi connectivity index (χ0) is 24.4. The number of benzene rings is 2. The molecule has 8 nitrogen and oxygen atoms in total. The number of hydrogen-bond donors (Lipinski definition) is 0. The van der Waals surface area contributed by atoms with Gasteiger partial charge in [0.05, 0.1) is 16.8 Å². The summed E-state index contributed by atoms with van der Waals surface area (Å²) in [6.07, 6.45) is 0.925. The Labute approximate surface area is 202 Å². The van der Waals surface area contributed by atoms with Gasteiger partial charge in [-0.15, -0.1) is 0 Å². The summed E-state index contributed by atoms with van der Waals surface area (Å²) in [6, 6.07) is 19.3. The van der Waals surface area contributed by atoms with Crippen LogP contribution in [0.1, 0.15) is 46.0 Å². The van der Waals surface area contributed by atoms with Crippen molar-refractivity contribution in [3.8, 4) is 0 Å². The number of rotatable bonds is 6. The van der Waals surface area contributed by atoms with Crippen LogP contribution >= 0.6 is 0 Å². The zero-order valence-electron chi connectivity index (χ0n) is 19.4. The number of aryl methyl sites for hydroxylation is 1. The molecule has 0 saturated carbocycles. The van der Waals surface area contributed by atoms with E-state index in [1.54, 1.807) is 48.5 Å². The number of ether oxygens (including phenoxy) is 3. The molecule has 0 N–H and O–H groups in total. The van der Waals surface area contributed by atoms with Crippen LogP contribution in [0.4, 0.5) is 0 Å². The van der Waals surface area contributed by atoms with E-state index in [1.807, 2.05) is 42.8 Å². The van der Waals surface area contributed by atoms with E-state index in [-0.39, 0.29) is 0 Å². The molecule has 1 aliphatic rings. The van der Waals surface area contributed by atoms with E-state index in [2.05, 4.69) is 9.97 Å². The SMILES string of the molecule is CC[C@H]1O[C@@H](n2ccc3c(C)ncnc32)[C@@H](OC(=O)c2ccccc2)C1OC(=O)c1ccccc1. The van der Waals surface area contributed by atoms with Crippen LogP contribution in [-0.4, -0.2) is 44.8 Å². The molecule has 0 bridgehead atoms. The summed E-state index contributed by atoms with van der Waals surface area (Å²) in [7, 11) is 0. The van der Waals surface area contributed by atoms with Crippen LogP contribution in [0, 0.1) is 6.92 Å². The lowest BCUT2D eigenvalue weighted by molar-refractivity contribution is -0.0487. The van der Waals surface area contributed by atoms with E-state index in [4.69, 9.17) is 14.2 Å². The third-order valence-corrected chi connectivity index (χ3v) is 6.18. The minimum absolute atomic E-state index is 0.398. The monoisotopic (exact) mass is 471 g/mol. The second-order valence-corrected chi connectivity index (χ2v) is 8.36. The van der Waals surface area contributed by atoms with Crippen molar-refractivity contribution in [2.45, 2.75) is 44.8 Å². The molecule has 3 heterocycles. The maximum absolute atomic E-state index is 13.1. The van der Waals surface area contributed by atoms with Crippen LogP contribution in [0.3, 0.4) is 0 Å². The second kappa shape index (κ2) is 9.68. The van der Waals surface area contributed by atoms with Gasteiger partial charge < -0.3 is 18.8 Å². The van der Waals surface area contributed by atoms with E-state index in [0.717, 1.165) is 11.1 Å². The molecular formula is C27H25N3O5. The van der Waals surface area contributed by atoms with Gasteiger partial charge in [-0.05, 0) is 43.7 Å². The number of esters is 2. The number of fused-ring (bicyclic) bond motifs is 1. The molecule has 0 spiro atoms. The van der Waals surface area contributed by atoms with Gasteiger partial charge in [0.15, 0.2) is 18.4 Å². The molecule has 5 rings (SSSR count).